The number of aryl methyl sites for hydroxylation is 2. The summed E-state index contributed by atoms with van der Waals surface area (Å²) in [7, 11) is 0. The van der Waals surface area contributed by atoms with Crippen molar-refractivity contribution >= 4 is 11.7 Å². The molecule has 2 aromatic rings. The van der Waals surface area contributed by atoms with Gasteiger partial charge in [0.1, 0.15) is 0 Å². The molecule has 0 unspecified atom stereocenters. The highest BCUT2D eigenvalue weighted by molar-refractivity contribution is 5.90. The number of carbonyl (C=O) groups is 1. The highest BCUT2D eigenvalue weighted by atomic mass is 16.3. The Bertz CT molecular complexity index is 736. The third-order valence-electron chi connectivity index (χ3n) is 5.02. The number of amides is 1. The standard InChI is InChI=1S/C18H27N5O2/c1-12-8-13(2)23-18(20-12)21-16(22-23)17(25)19-10-15(11-24)9-14-6-4-3-5-7-14/h8,14-15,24H,3-7,9-11H2,1-2H3,(H,19,25)/t15-/m1/s1. The van der Waals surface area contributed by atoms with Gasteiger partial charge < -0.3 is 10.4 Å². The monoisotopic (exact) mass is 345 g/mol. The Morgan fingerprint density at radius 1 is 1.32 bits per heavy atom. The van der Waals surface area contributed by atoms with Crippen molar-refractivity contribution in [3.05, 3.63) is 23.3 Å². The maximum atomic E-state index is 12.4. The van der Waals surface area contributed by atoms with Gasteiger partial charge >= 0.3 is 0 Å². The summed E-state index contributed by atoms with van der Waals surface area (Å²) in [5, 5.41) is 16.7. The topological polar surface area (TPSA) is 92.4 Å². The molecule has 0 spiro atoms. The number of hydrogen-bond donors (Lipinski definition) is 2. The van der Waals surface area contributed by atoms with E-state index >= 15 is 0 Å². The number of rotatable bonds is 6. The molecule has 25 heavy (non-hydrogen) atoms. The van der Waals surface area contributed by atoms with Gasteiger partial charge in [-0.05, 0) is 38.2 Å². The molecule has 0 radical (unpaired) electrons. The number of carbonyl (C=O) groups excluding carboxylic acids is 1. The van der Waals surface area contributed by atoms with Crippen LogP contribution in [-0.4, -0.2) is 43.7 Å². The van der Waals surface area contributed by atoms with E-state index in [0.29, 0.717) is 18.2 Å². The number of fused-ring (bicyclic) bond motifs is 1. The first kappa shape index (κ1) is 17.8. The first-order valence-corrected chi connectivity index (χ1v) is 9.17. The molecular formula is C18H27N5O2. The molecule has 1 amide bonds. The Labute approximate surface area is 147 Å². The molecule has 1 atom stereocenters. The van der Waals surface area contributed by atoms with Crippen molar-refractivity contribution < 1.29 is 9.90 Å². The van der Waals surface area contributed by atoms with Crippen molar-refractivity contribution in [2.75, 3.05) is 13.2 Å². The normalized spacial score (nSPS) is 16.9. The predicted molar refractivity (Wildman–Crippen MR) is 94.4 cm³/mol. The van der Waals surface area contributed by atoms with Crippen LogP contribution in [0.15, 0.2) is 6.07 Å². The molecule has 2 N–H and O–H groups in total. The summed E-state index contributed by atoms with van der Waals surface area (Å²) in [6, 6.07) is 1.90. The zero-order chi connectivity index (χ0) is 17.8. The van der Waals surface area contributed by atoms with E-state index in [1.807, 2.05) is 19.9 Å². The van der Waals surface area contributed by atoms with Gasteiger partial charge in [0, 0.05) is 24.5 Å². The lowest BCUT2D eigenvalue weighted by Crippen LogP contribution is -2.32. The summed E-state index contributed by atoms with van der Waals surface area (Å²) in [5.74, 6) is 1.00. The SMILES string of the molecule is Cc1cc(C)n2nc(C(=O)NC[C@H](CO)CC3CCCCC3)nc2n1. The lowest BCUT2D eigenvalue weighted by atomic mass is 9.83. The van der Waals surface area contributed by atoms with Gasteiger partial charge in [-0.15, -0.1) is 5.10 Å². The highest BCUT2D eigenvalue weighted by Crippen LogP contribution is 2.28. The van der Waals surface area contributed by atoms with Crippen LogP contribution in [0.4, 0.5) is 0 Å². The summed E-state index contributed by atoms with van der Waals surface area (Å²) in [5.41, 5.74) is 1.73. The van der Waals surface area contributed by atoms with Gasteiger partial charge in [-0.25, -0.2) is 9.50 Å². The lowest BCUT2D eigenvalue weighted by molar-refractivity contribution is 0.0922. The van der Waals surface area contributed by atoms with E-state index < -0.39 is 0 Å². The minimum absolute atomic E-state index is 0.0891. The van der Waals surface area contributed by atoms with Crippen LogP contribution in [0.5, 0.6) is 0 Å². The first-order valence-electron chi connectivity index (χ1n) is 9.17. The van der Waals surface area contributed by atoms with E-state index in [1.54, 1.807) is 4.52 Å². The number of nitrogens with zero attached hydrogens (tertiary/aromatic N) is 4. The minimum atomic E-state index is -0.315. The van der Waals surface area contributed by atoms with Crippen molar-refractivity contribution in [2.24, 2.45) is 11.8 Å². The molecule has 136 valence electrons. The summed E-state index contributed by atoms with van der Waals surface area (Å²) >= 11 is 0. The summed E-state index contributed by atoms with van der Waals surface area (Å²) < 4.78 is 1.58. The molecule has 0 bridgehead atoms. The Hall–Kier alpha value is -2.02. The number of aromatic nitrogens is 4. The maximum absolute atomic E-state index is 12.4. The molecule has 3 rings (SSSR count). The largest absolute Gasteiger partial charge is 0.396 e. The van der Waals surface area contributed by atoms with E-state index in [0.717, 1.165) is 17.8 Å². The van der Waals surface area contributed by atoms with Crippen LogP contribution in [0.25, 0.3) is 5.78 Å². The molecule has 0 saturated heterocycles. The van der Waals surface area contributed by atoms with Gasteiger partial charge in [-0.2, -0.15) is 4.98 Å². The molecule has 1 aliphatic carbocycles. The third-order valence-corrected chi connectivity index (χ3v) is 5.02. The fourth-order valence-electron chi connectivity index (χ4n) is 3.70. The number of nitrogens with one attached hydrogen (secondary N) is 1. The van der Waals surface area contributed by atoms with Crippen LogP contribution in [0.2, 0.25) is 0 Å². The van der Waals surface area contributed by atoms with Crippen molar-refractivity contribution in [2.45, 2.75) is 52.4 Å². The molecule has 1 saturated carbocycles. The number of aliphatic hydroxyl groups is 1. The molecule has 1 aliphatic rings. The Morgan fingerprint density at radius 2 is 2.08 bits per heavy atom. The molecule has 0 aliphatic heterocycles. The van der Waals surface area contributed by atoms with Gasteiger partial charge in [-0.3, -0.25) is 4.79 Å². The van der Waals surface area contributed by atoms with Gasteiger partial charge in [0.2, 0.25) is 5.82 Å². The third kappa shape index (κ3) is 4.34. The second-order valence-electron chi connectivity index (χ2n) is 7.18. The summed E-state index contributed by atoms with van der Waals surface area (Å²) in [4.78, 5) is 20.9. The summed E-state index contributed by atoms with van der Waals surface area (Å²) in [6.07, 6.45) is 7.34. The van der Waals surface area contributed by atoms with Crippen LogP contribution in [0, 0.1) is 25.7 Å². The zero-order valence-electron chi connectivity index (χ0n) is 15.0. The van der Waals surface area contributed by atoms with E-state index in [1.165, 1.54) is 32.1 Å². The second-order valence-corrected chi connectivity index (χ2v) is 7.18. The van der Waals surface area contributed by atoms with Crippen molar-refractivity contribution in [3.8, 4) is 0 Å². The van der Waals surface area contributed by atoms with Gasteiger partial charge in [-0.1, -0.05) is 32.1 Å². The molecule has 1 fully saturated rings. The van der Waals surface area contributed by atoms with Gasteiger partial charge in [0.15, 0.2) is 0 Å². The van der Waals surface area contributed by atoms with Crippen LogP contribution in [0.1, 0.15) is 60.5 Å². The van der Waals surface area contributed by atoms with Crippen molar-refractivity contribution in [1.29, 1.82) is 0 Å². The average molecular weight is 345 g/mol. The lowest BCUT2D eigenvalue weighted by Gasteiger charge is -2.25. The van der Waals surface area contributed by atoms with Crippen molar-refractivity contribution in [3.63, 3.8) is 0 Å². The fourth-order valence-corrected chi connectivity index (χ4v) is 3.70. The molecule has 7 nitrogen and oxygen atoms in total. The first-order chi connectivity index (χ1) is 12.1. The van der Waals surface area contributed by atoms with E-state index in [9.17, 15) is 9.90 Å². The predicted octanol–water partition coefficient (Wildman–Crippen LogP) is 2.05. The zero-order valence-corrected chi connectivity index (χ0v) is 15.0. The van der Waals surface area contributed by atoms with E-state index in [2.05, 4.69) is 20.4 Å². The average Bonchev–Trinajstić information content (AvgIpc) is 3.03. The molecule has 2 heterocycles. The van der Waals surface area contributed by atoms with E-state index in [4.69, 9.17) is 0 Å². The Balaban J connectivity index is 1.60. The van der Waals surface area contributed by atoms with Crippen LogP contribution < -0.4 is 5.32 Å². The second kappa shape index (κ2) is 7.91. The smallest absolute Gasteiger partial charge is 0.291 e. The van der Waals surface area contributed by atoms with E-state index in [-0.39, 0.29) is 24.3 Å². The Kier molecular flexibility index (Phi) is 5.63. The minimum Gasteiger partial charge on any atom is -0.396 e. The van der Waals surface area contributed by atoms with Gasteiger partial charge in [0.25, 0.3) is 11.7 Å². The quantitative estimate of drug-likeness (QED) is 0.836. The highest BCUT2D eigenvalue weighted by Gasteiger charge is 2.20. The fraction of sp³-hybridized carbons (Fsp3) is 0.667. The molecular weight excluding hydrogens is 318 g/mol. The number of aliphatic hydroxyl groups excluding tert-OH is 1. The molecule has 0 aromatic carbocycles. The van der Waals surface area contributed by atoms with Crippen LogP contribution in [0.3, 0.4) is 0 Å². The number of hydrogen-bond acceptors (Lipinski definition) is 5. The van der Waals surface area contributed by atoms with Gasteiger partial charge in [0.05, 0.1) is 0 Å². The molecule has 2 aromatic heterocycles. The molecule has 7 heteroatoms. The van der Waals surface area contributed by atoms with Crippen molar-refractivity contribution in [1.82, 2.24) is 24.9 Å². The van der Waals surface area contributed by atoms with Crippen LogP contribution in [-0.2, 0) is 0 Å². The maximum Gasteiger partial charge on any atom is 0.291 e. The van der Waals surface area contributed by atoms with Crippen LogP contribution >= 0.6 is 0 Å². The Morgan fingerprint density at radius 3 is 2.80 bits per heavy atom. The summed E-state index contributed by atoms with van der Waals surface area (Å²) in [6.45, 7) is 4.34.